The van der Waals surface area contributed by atoms with Crippen molar-refractivity contribution in [1.29, 1.82) is 0 Å². The second kappa shape index (κ2) is 8.15. The van der Waals surface area contributed by atoms with E-state index in [1.54, 1.807) is 4.90 Å². The molecule has 1 aromatic carbocycles. The van der Waals surface area contributed by atoms with Crippen molar-refractivity contribution in [2.75, 3.05) is 32.7 Å². The zero-order valence-corrected chi connectivity index (χ0v) is 15.5. The largest absolute Gasteiger partial charge is 0.339 e. The second-order valence-corrected chi connectivity index (χ2v) is 6.78. The molecule has 138 valence electrons. The third-order valence-electron chi connectivity index (χ3n) is 5.23. The highest BCUT2D eigenvalue weighted by Gasteiger charge is 2.38. The van der Waals surface area contributed by atoms with E-state index in [1.807, 2.05) is 13.8 Å². The summed E-state index contributed by atoms with van der Waals surface area (Å²) in [4.78, 5) is 28.7. The molecule has 1 aliphatic heterocycles. The van der Waals surface area contributed by atoms with E-state index >= 15 is 0 Å². The molecule has 2 N–H and O–H groups in total. The molecule has 7 heteroatoms. The van der Waals surface area contributed by atoms with E-state index in [-0.39, 0.29) is 16.5 Å². The summed E-state index contributed by atoms with van der Waals surface area (Å²) in [7, 11) is 0. The molecular weight excluding hydrogens is 345 g/mol. The zero-order valence-electron chi connectivity index (χ0n) is 14.7. The predicted molar refractivity (Wildman–Crippen MR) is 96.0 cm³/mol. The Labute approximate surface area is 152 Å². The molecule has 0 unspecified atom stereocenters. The molecule has 1 saturated heterocycles. The van der Waals surface area contributed by atoms with E-state index in [0.29, 0.717) is 45.6 Å². The molecule has 0 saturated carbocycles. The van der Waals surface area contributed by atoms with Crippen LogP contribution in [0, 0.1) is 11.2 Å². The van der Waals surface area contributed by atoms with Crippen molar-refractivity contribution in [3.8, 4) is 0 Å². The van der Waals surface area contributed by atoms with Gasteiger partial charge in [-0.05, 0) is 25.0 Å². The third kappa shape index (κ3) is 3.80. The van der Waals surface area contributed by atoms with Gasteiger partial charge in [-0.2, -0.15) is 0 Å². The maximum absolute atomic E-state index is 13.9. The van der Waals surface area contributed by atoms with Crippen LogP contribution in [0.4, 0.5) is 4.39 Å². The van der Waals surface area contributed by atoms with Crippen molar-refractivity contribution >= 4 is 23.4 Å². The second-order valence-electron chi connectivity index (χ2n) is 6.37. The fourth-order valence-electron chi connectivity index (χ4n) is 3.24. The Bertz CT molecular complexity index is 613. The molecule has 5 nitrogen and oxygen atoms in total. The normalized spacial score (nSPS) is 15.4. The molecule has 1 aromatic rings. The number of nitrogens with zero attached hydrogens (tertiary/aromatic N) is 2. The average Bonchev–Trinajstić information content (AvgIpc) is 2.63. The number of amides is 2. The van der Waals surface area contributed by atoms with Crippen molar-refractivity contribution in [2.45, 2.75) is 26.7 Å². The zero-order chi connectivity index (χ0) is 18.6. The number of benzene rings is 1. The first-order valence-corrected chi connectivity index (χ1v) is 9.00. The molecule has 2 amide bonds. The molecule has 1 aliphatic rings. The summed E-state index contributed by atoms with van der Waals surface area (Å²) in [5, 5.41) is 0.0996. The van der Waals surface area contributed by atoms with Crippen LogP contribution in [0.25, 0.3) is 0 Å². The van der Waals surface area contributed by atoms with Gasteiger partial charge in [0.1, 0.15) is 5.82 Å². The molecule has 1 heterocycles. The molecule has 25 heavy (non-hydrogen) atoms. The lowest BCUT2D eigenvalue weighted by molar-refractivity contribution is -0.143. The summed E-state index contributed by atoms with van der Waals surface area (Å²) in [6.07, 6.45) is 1.37. The summed E-state index contributed by atoms with van der Waals surface area (Å²) < 4.78 is 13.9. The molecular formula is C18H25ClFN3O2. The van der Waals surface area contributed by atoms with E-state index in [2.05, 4.69) is 0 Å². The van der Waals surface area contributed by atoms with Crippen LogP contribution in [0.3, 0.4) is 0 Å². The minimum absolute atomic E-state index is 0.0380. The fourth-order valence-corrected chi connectivity index (χ4v) is 3.48. The van der Waals surface area contributed by atoms with Crippen LogP contribution in [0.1, 0.15) is 37.0 Å². The predicted octanol–water partition coefficient (Wildman–Crippen LogP) is 2.53. The van der Waals surface area contributed by atoms with Gasteiger partial charge >= 0.3 is 0 Å². The van der Waals surface area contributed by atoms with Crippen LogP contribution >= 0.6 is 11.6 Å². The summed E-state index contributed by atoms with van der Waals surface area (Å²) >= 11 is 5.97. The van der Waals surface area contributed by atoms with Gasteiger partial charge in [-0.25, -0.2) is 4.39 Å². The molecule has 0 atom stereocenters. The van der Waals surface area contributed by atoms with Gasteiger partial charge in [0.2, 0.25) is 5.91 Å². The van der Waals surface area contributed by atoms with E-state index in [0.717, 1.165) is 0 Å². The van der Waals surface area contributed by atoms with Crippen molar-refractivity contribution in [3.63, 3.8) is 0 Å². The molecule has 0 radical (unpaired) electrons. The van der Waals surface area contributed by atoms with Gasteiger partial charge in [0.15, 0.2) is 0 Å². The van der Waals surface area contributed by atoms with Gasteiger partial charge < -0.3 is 15.5 Å². The summed E-state index contributed by atoms with van der Waals surface area (Å²) in [5.41, 5.74) is 5.20. The first-order chi connectivity index (χ1) is 11.9. The standard InChI is InChI=1S/C18H25ClFN3O2/c1-3-18(4-2,12-21)17(25)23-10-8-22(9-11-23)16(24)15-13(19)6-5-7-14(15)20/h5-7H,3-4,8-12,21H2,1-2H3. The lowest BCUT2D eigenvalue weighted by Gasteiger charge is -2.40. The highest BCUT2D eigenvalue weighted by atomic mass is 35.5. The number of carbonyl (C=O) groups excluding carboxylic acids is 2. The maximum Gasteiger partial charge on any atom is 0.258 e. The van der Waals surface area contributed by atoms with E-state index in [4.69, 9.17) is 17.3 Å². The first kappa shape index (κ1) is 19.7. The van der Waals surface area contributed by atoms with E-state index < -0.39 is 17.1 Å². The Morgan fingerprint density at radius 1 is 1.16 bits per heavy atom. The van der Waals surface area contributed by atoms with Crippen molar-refractivity contribution in [3.05, 3.63) is 34.6 Å². The minimum atomic E-state index is -0.630. The number of carbonyl (C=O) groups is 2. The van der Waals surface area contributed by atoms with E-state index in [9.17, 15) is 14.0 Å². The van der Waals surface area contributed by atoms with Gasteiger partial charge in [0.05, 0.1) is 16.0 Å². The number of nitrogens with two attached hydrogens (primary N) is 1. The Hall–Kier alpha value is -1.66. The minimum Gasteiger partial charge on any atom is -0.339 e. The van der Waals surface area contributed by atoms with Gasteiger partial charge in [-0.15, -0.1) is 0 Å². The Kier molecular flexibility index (Phi) is 6.41. The quantitative estimate of drug-likeness (QED) is 0.867. The van der Waals surface area contributed by atoms with Crippen LogP contribution < -0.4 is 5.73 Å². The molecule has 0 aliphatic carbocycles. The third-order valence-corrected chi connectivity index (χ3v) is 5.54. The summed E-state index contributed by atoms with van der Waals surface area (Å²) in [6.45, 7) is 5.77. The van der Waals surface area contributed by atoms with Crippen LogP contribution in [0.15, 0.2) is 18.2 Å². The number of rotatable bonds is 5. The molecule has 0 spiro atoms. The number of hydrogen-bond acceptors (Lipinski definition) is 3. The summed E-state index contributed by atoms with van der Waals surface area (Å²) in [5.74, 6) is -1.03. The van der Waals surface area contributed by atoms with Crippen molar-refractivity contribution < 1.29 is 14.0 Å². The Balaban J connectivity index is 2.07. The lowest BCUT2D eigenvalue weighted by Crippen LogP contribution is -2.55. The molecule has 2 rings (SSSR count). The molecule has 0 aromatic heterocycles. The van der Waals surface area contributed by atoms with Crippen molar-refractivity contribution in [1.82, 2.24) is 9.80 Å². The average molecular weight is 370 g/mol. The van der Waals surface area contributed by atoms with Gasteiger partial charge in [-0.1, -0.05) is 31.5 Å². The molecule has 0 bridgehead atoms. The van der Waals surface area contributed by atoms with E-state index in [1.165, 1.54) is 23.1 Å². The maximum atomic E-state index is 13.9. The number of hydrogen-bond donors (Lipinski definition) is 1. The number of piperazine rings is 1. The topological polar surface area (TPSA) is 66.6 Å². The van der Waals surface area contributed by atoms with Crippen LogP contribution in [0.2, 0.25) is 5.02 Å². The lowest BCUT2D eigenvalue weighted by atomic mass is 9.81. The molecule has 1 fully saturated rings. The highest BCUT2D eigenvalue weighted by Crippen LogP contribution is 2.28. The Morgan fingerprint density at radius 2 is 1.72 bits per heavy atom. The SMILES string of the molecule is CCC(CC)(CN)C(=O)N1CCN(C(=O)c2c(F)cccc2Cl)CC1. The van der Waals surface area contributed by atoms with Crippen molar-refractivity contribution in [2.24, 2.45) is 11.1 Å². The van der Waals surface area contributed by atoms with Gasteiger partial charge in [-0.3, -0.25) is 9.59 Å². The fraction of sp³-hybridized carbons (Fsp3) is 0.556. The Morgan fingerprint density at radius 3 is 2.20 bits per heavy atom. The summed E-state index contributed by atoms with van der Waals surface area (Å²) in [6, 6.07) is 4.18. The highest BCUT2D eigenvalue weighted by molar-refractivity contribution is 6.33. The van der Waals surface area contributed by atoms with Crippen LogP contribution in [-0.4, -0.2) is 54.3 Å². The van der Waals surface area contributed by atoms with Gasteiger partial charge in [0, 0.05) is 32.7 Å². The van der Waals surface area contributed by atoms with Crippen LogP contribution in [-0.2, 0) is 4.79 Å². The first-order valence-electron chi connectivity index (χ1n) is 8.63. The van der Waals surface area contributed by atoms with Gasteiger partial charge in [0.25, 0.3) is 5.91 Å². The smallest absolute Gasteiger partial charge is 0.258 e. The van der Waals surface area contributed by atoms with Crippen LogP contribution in [0.5, 0.6) is 0 Å². The number of halogens is 2. The monoisotopic (exact) mass is 369 g/mol.